The van der Waals surface area contributed by atoms with Gasteiger partial charge in [0.15, 0.2) is 0 Å². The van der Waals surface area contributed by atoms with Crippen molar-refractivity contribution >= 4 is 23.2 Å². The van der Waals surface area contributed by atoms with Crippen LogP contribution in [0.3, 0.4) is 0 Å². The van der Waals surface area contributed by atoms with Crippen LogP contribution in [0.15, 0.2) is 16.8 Å². The minimum atomic E-state index is -0.00965. The number of nitrogens with zero attached hydrogens (tertiary/aromatic N) is 1. The molecule has 21 heavy (non-hydrogen) atoms. The van der Waals surface area contributed by atoms with Crippen LogP contribution in [0.25, 0.3) is 0 Å². The van der Waals surface area contributed by atoms with Gasteiger partial charge in [-0.2, -0.15) is 11.3 Å². The van der Waals surface area contributed by atoms with Crippen LogP contribution in [-0.2, 0) is 4.79 Å². The molecule has 0 bridgehead atoms. The minimum Gasteiger partial charge on any atom is -0.349 e. The molecule has 1 unspecified atom stereocenters. The van der Waals surface area contributed by atoms with Crippen molar-refractivity contribution in [3.8, 4) is 0 Å². The summed E-state index contributed by atoms with van der Waals surface area (Å²) in [6.45, 7) is 4.10. The highest BCUT2D eigenvalue weighted by atomic mass is 32.1. The van der Waals surface area contributed by atoms with E-state index in [0.29, 0.717) is 6.54 Å². The highest BCUT2D eigenvalue weighted by molar-refractivity contribution is 7.08. The third-order valence-corrected chi connectivity index (χ3v) is 4.54. The van der Waals surface area contributed by atoms with Gasteiger partial charge in [-0.15, -0.1) is 0 Å². The van der Waals surface area contributed by atoms with E-state index in [9.17, 15) is 9.59 Å². The molecule has 1 aromatic heterocycles. The minimum absolute atomic E-state index is 0.00643. The SMILES string of the molecule is CNCC(C)C(=O)N1CCC(NC(=O)c2ccsc2)CC1. The smallest absolute Gasteiger partial charge is 0.252 e. The first kappa shape index (κ1) is 16.0. The maximum Gasteiger partial charge on any atom is 0.252 e. The predicted molar refractivity (Wildman–Crippen MR) is 84.5 cm³/mol. The Morgan fingerprint density at radius 1 is 1.43 bits per heavy atom. The average molecular weight is 309 g/mol. The number of thiophene rings is 1. The summed E-state index contributed by atoms with van der Waals surface area (Å²) >= 11 is 1.52. The third-order valence-electron chi connectivity index (χ3n) is 3.86. The molecule has 1 saturated heterocycles. The lowest BCUT2D eigenvalue weighted by molar-refractivity contribution is -0.135. The molecule has 0 aromatic carbocycles. The fourth-order valence-electron chi connectivity index (χ4n) is 2.61. The molecule has 1 atom stereocenters. The molecule has 0 radical (unpaired) electrons. The van der Waals surface area contributed by atoms with Crippen molar-refractivity contribution in [1.82, 2.24) is 15.5 Å². The van der Waals surface area contributed by atoms with Crippen LogP contribution in [0.4, 0.5) is 0 Å². The van der Waals surface area contributed by atoms with Crippen molar-refractivity contribution in [1.29, 1.82) is 0 Å². The molecular weight excluding hydrogens is 286 g/mol. The largest absolute Gasteiger partial charge is 0.349 e. The number of carbonyl (C=O) groups is 2. The Kier molecular flexibility index (Phi) is 5.76. The summed E-state index contributed by atoms with van der Waals surface area (Å²) in [6.07, 6.45) is 1.65. The van der Waals surface area contributed by atoms with E-state index in [1.54, 1.807) is 0 Å². The second kappa shape index (κ2) is 7.56. The topological polar surface area (TPSA) is 61.4 Å². The highest BCUT2D eigenvalue weighted by Gasteiger charge is 2.26. The van der Waals surface area contributed by atoms with Gasteiger partial charge in [0.2, 0.25) is 5.91 Å². The number of amides is 2. The molecule has 1 aromatic rings. The Morgan fingerprint density at radius 2 is 2.14 bits per heavy atom. The van der Waals surface area contributed by atoms with E-state index in [-0.39, 0.29) is 23.8 Å². The van der Waals surface area contributed by atoms with Crippen LogP contribution in [0.5, 0.6) is 0 Å². The van der Waals surface area contributed by atoms with Gasteiger partial charge in [-0.3, -0.25) is 9.59 Å². The zero-order valence-corrected chi connectivity index (χ0v) is 13.4. The van der Waals surface area contributed by atoms with E-state index >= 15 is 0 Å². The van der Waals surface area contributed by atoms with E-state index < -0.39 is 0 Å². The summed E-state index contributed by atoms with van der Waals surface area (Å²) in [4.78, 5) is 26.1. The van der Waals surface area contributed by atoms with Crippen molar-refractivity contribution < 1.29 is 9.59 Å². The molecule has 2 amide bonds. The first-order valence-corrected chi connectivity index (χ1v) is 8.32. The van der Waals surface area contributed by atoms with Crippen molar-refractivity contribution in [3.05, 3.63) is 22.4 Å². The van der Waals surface area contributed by atoms with E-state index in [1.165, 1.54) is 11.3 Å². The summed E-state index contributed by atoms with van der Waals surface area (Å²) < 4.78 is 0. The maximum absolute atomic E-state index is 12.2. The summed E-state index contributed by atoms with van der Waals surface area (Å²) in [7, 11) is 1.86. The standard InChI is InChI=1S/C15H23N3O2S/c1-11(9-16-2)15(20)18-6-3-13(4-7-18)17-14(19)12-5-8-21-10-12/h5,8,10-11,13,16H,3-4,6-7,9H2,1-2H3,(H,17,19). The average Bonchev–Trinajstić information content (AvgIpc) is 3.02. The van der Waals surface area contributed by atoms with Crippen LogP contribution >= 0.6 is 11.3 Å². The van der Waals surface area contributed by atoms with Gasteiger partial charge in [0.25, 0.3) is 5.91 Å². The van der Waals surface area contributed by atoms with Crippen LogP contribution < -0.4 is 10.6 Å². The Labute approximate surface area is 129 Å². The number of piperidine rings is 1. The number of rotatable bonds is 5. The fourth-order valence-corrected chi connectivity index (χ4v) is 3.25. The zero-order chi connectivity index (χ0) is 15.2. The third kappa shape index (κ3) is 4.28. The number of hydrogen-bond acceptors (Lipinski definition) is 4. The lowest BCUT2D eigenvalue weighted by atomic mass is 10.0. The van der Waals surface area contributed by atoms with Crippen molar-refractivity contribution in [3.63, 3.8) is 0 Å². The normalized spacial score (nSPS) is 17.5. The Morgan fingerprint density at radius 3 is 2.71 bits per heavy atom. The lowest BCUT2D eigenvalue weighted by Gasteiger charge is -2.34. The summed E-state index contributed by atoms with van der Waals surface area (Å²) in [5.74, 6) is 0.198. The van der Waals surface area contributed by atoms with Gasteiger partial charge in [-0.25, -0.2) is 0 Å². The van der Waals surface area contributed by atoms with Gasteiger partial charge in [-0.1, -0.05) is 6.92 Å². The summed E-state index contributed by atoms with van der Waals surface area (Å²) in [5.41, 5.74) is 0.723. The van der Waals surface area contributed by atoms with Gasteiger partial charge < -0.3 is 15.5 Å². The summed E-state index contributed by atoms with van der Waals surface area (Å²) in [6, 6.07) is 2.00. The Hall–Kier alpha value is -1.40. The number of carbonyl (C=O) groups excluding carboxylic acids is 2. The molecule has 5 nitrogen and oxygen atoms in total. The van der Waals surface area contributed by atoms with Gasteiger partial charge in [0, 0.05) is 42.5 Å². The lowest BCUT2D eigenvalue weighted by Crippen LogP contribution is -2.48. The van der Waals surface area contributed by atoms with Crippen molar-refractivity contribution in [2.45, 2.75) is 25.8 Å². The molecule has 0 aliphatic carbocycles. The first-order valence-electron chi connectivity index (χ1n) is 7.38. The monoisotopic (exact) mass is 309 g/mol. The van der Waals surface area contributed by atoms with Gasteiger partial charge in [-0.05, 0) is 31.3 Å². The Balaban J connectivity index is 1.78. The number of hydrogen-bond donors (Lipinski definition) is 2. The first-order chi connectivity index (χ1) is 10.1. The van der Waals surface area contributed by atoms with E-state index in [0.717, 1.165) is 31.5 Å². The van der Waals surface area contributed by atoms with Crippen LogP contribution in [0.1, 0.15) is 30.1 Å². The number of nitrogens with one attached hydrogen (secondary N) is 2. The van der Waals surface area contributed by atoms with E-state index in [4.69, 9.17) is 0 Å². The van der Waals surface area contributed by atoms with Crippen LogP contribution in [0, 0.1) is 5.92 Å². The van der Waals surface area contributed by atoms with Crippen LogP contribution in [0.2, 0.25) is 0 Å². The van der Waals surface area contributed by atoms with Crippen molar-refractivity contribution in [2.24, 2.45) is 5.92 Å². The predicted octanol–water partition coefficient (Wildman–Crippen LogP) is 1.32. The molecule has 0 spiro atoms. The van der Waals surface area contributed by atoms with E-state index in [1.807, 2.05) is 35.7 Å². The maximum atomic E-state index is 12.2. The molecule has 1 aliphatic rings. The molecule has 2 rings (SSSR count). The zero-order valence-electron chi connectivity index (χ0n) is 12.6. The highest BCUT2D eigenvalue weighted by Crippen LogP contribution is 2.14. The summed E-state index contributed by atoms with van der Waals surface area (Å²) in [5, 5.41) is 9.84. The number of likely N-dealkylation sites (tertiary alicyclic amines) is 1. The molecule has 2 N–H and O–H groups in total. The second-order valence-electron chi connectivity index (χ2n) is 5.54. The molecule has 1 aliphatic heterocycles. The molecule has 116 valence electrons. The molecular formula is C15H23N3O2S. The van der Waals surface area contributed by atoms with Gasteiger partial charge in [0.1, 0.15) is 0 Å². The fraction of sp³-hybridized carbons (Fsp3) is 0.600. The molecule has 1 fully saturated rings. The second-order valence-corrected chi connectivity index (χ2v) is 6.32. The quantitative estimate of drug-likeness (QED) is 0.862. The van der Waals surface area contributed by atoms with E-state index in [2.05, 4.69) is 10.6 Å². The molecule has 6 heteroatoms. The van der Waals surface area contributed by atoms with Gasteiger partial charge in [0.05, 0.1) is 0 Å². The Bertz CT molecular complexity index is 467. The molecule has 0 saturated carbocycles. The van der Waals surface area contributed by atoms with Crippen LogP contribution in [-0.4, -0.2) is 49.4 Å². The molecule has 2 heterocycles. The van der Waals surface area contributed by atoms with Crippen molar-refractivity contribution in [2.75, 3.05) is 26.7 Å². The van der Waals surface area contributed by atoms with Gasteiger partial charge >= 0.3 is 0 Å².